The van der Waals surface area contributed by atoms with Crippen molar-refractivity contribution in [3.63, 3.8) is 0 Å². The molecule has 0 saturated carbocycles. The topological polar surface area (TPSA) is 105 Å². The number of hydrogen-bond acceptors (Lipinski definition) is 4. The molecule has 0 aliphatic heterocycles. The maximum atomic E-state index is 11.4. The first kappa shape index (κ1) is 15.0. The molecule has 1 rings (SSSR count). The molecule has 8 heteroatoms. The number of carboxylic acids is 1. The summed E-state index contributed by atoms with van der Waals surface area (Å²) in [6.07, 6.45) is 4.44. The zero-order chi connectivity index (χ0) is 14.1. The molecule has 0 saturated heterocycles. The quantitative estimate of drug-likeness (QED) is 0.600. The lowest BCUT2D eigenvalue weighted by Crippen LogP contribution is -2.41. The Morgan fingerprint density at radius 2 is 2.26 bits per heavy atom. The monoisotopic (exact) mass is 270 g/mol. The predicted octanol–water partition coefficient (Wildman–Crippen LogP) is -0.328. The molecule has 8 nitrogen and oxygen atoms in total. The number of nitrogens with zero attached hydrogens (tertiary/aromatic N) is 2. The van der Waals surface area contributed by atoms with Crippen LogP contribution in [0.4, 0.5) is 4.79 Å². The molecule has 0 radical (unpaired) electrons. The Morgan fingerprint density at radius 1 is 1.47 bits per heavy atom. The number of carboxylic acid groups (broad SMARTS) is 1. The summed E-state index contributed by atoms with van der Waals surface area (Å²) < 4.78 is 6.78. The highest BCUT2D eigenvalue weighted by Gasteiger charge is 2.13. The number of nitrogens with one attached hydrogen (secondary N) is 2. The highest BCUT2D eigenvalue weighted by Crippen LogP contribution is 1.95. The predicted molar refractivity (Wildman–Crippen MR) is 66.7 cm³/mol. The first-order valence-electron chi connectivity index (χ1n) is 5.84. The molecule has 19 heavy (non-hydrogen) atoms. The van der Waals surface area contributed by atoms with Crippen LogP contribution in [0.5, 0.6) is 0 Å². The highest BCUT2D eigenvalue weighted by molar-refractivity contribution is 5.74. The number of urea groups is 1. The van der Waals surface area contributed by atoms with E-state index in [9.17, 15) is 9.59 Å². The number of methoxy groups -OCH3 is 1. The number of aliphatic carboxylic acids is 1. The van der Waals surface area contributed by atoms with Gasteiger partial charge in [0.05, 0.1) is 18.9 Å². The van der Waals surface area contributed by atoms with Gasteiger partial charge in [-0.15, -0.1) is 0 Å². The molecule has 1 unspecified atom stereocenters. The van der Waals surface area contributed by atoms with E-state index in [1.54, 1.807) is 18.7 Å². The van der Waals surface area contributed by atoms with Gasteiger partial charge in [0.15, 0.2) is 0 Å². The summed E-state index contributed by atoms with van der Waals surface area (Å²) in [7, 11) is 1.41. The standard InChI is InChI=1S/C11H18N4O4/c1-19-9(6-10(16)17)7-14-11(18)13-3-5-15-4-2-12-8-15/h2,4,8-9H,3,5-7H2,1H3,(H,16,17)(H2,13,14,18). The molecule has 0 aliphatic carbocycles. The van der Waals surface area contributed by atoms with Gasteiger partial charge in [-0.2, -0.15) is 0 Å². The number of carbonyl (C=O) groups excluding carboxylic acids is 1. The number of imidazole rings is 1. The minimum absolute atomic E-state index is 0.147. The van der Waals surface area contributed by atoms with Crippen molar-refractivity contribution in [3.05, 3.63) is 18.7 Å². The summed E-state index contributed by atoms with van der Waals surface area (Å²) in [6, 6.07) is -0.354. The summed E-state index contributed by atoms with van der Waals surface area (Å²) >= 11 is 0. The molecule has 0 spiro atoms. The lowest BCUT2D eigenvalue weighted by atomic mass is 10.2. The van der Waals surface area contributed by atoms with Crippen LogP contribution in [0.2, 0.25) is 0 Å². The molecule has 1 heterocycles. The Kier molecular flexibility index (Phi) is 6.37. The van der Waals surface area contributed by atoms with Gasteiger partial charge in [0.25, 0.3) is 0 Å². The fourth-order valence-electron chi connectivity index (χ4n) is 1.42. The van der Waals surface area contributed by atoms with Gasteiger partial charge in [0.1, 0.15) is 0 Å². The molecule has 106 valence electrons. The van der Waals surface area contributed by atoms with Gasteiger partial charge in [-0.25, -0.2) is 9.78 Å². The Morgan fingerprint density at radius 3 is 2.84 bits per heavy atom. The Labute approximate surface area is 110 Å². The SMILES string of the molecule is COC(CNC(=O)NCCn1ccnc1)CC(=O)O. The van der Waals surface area contributed by atoms with Crippen molar-refractivity contribution in [2.45, 2.75) is 19.1 Å². The third-order valence-corrected chi connectivity index (χ3v) is 2.44. The lowest BCUT2D eigenvalue weighted by molar-refractivity contribution is -0.139. The third kappa shape index (κ3) is 6.41. The number of ether oxygens (including phenoxy) is 1. The van der Waals surface area contributed by atoms with E-state index in [1.165, 1.54) is 7.11 Å². The van der Waals surface area contributed by atoms with E-state index in [-0.39, 0.29) is 19.0 Å². The maximum absolute atomic E-state index is 11.4. The Bertz CT molecular complexity index is 393. The van der Waals surface area contributed by atoms with Crippen LogP contribution in [0.15, 0.2) is 18.7 Å². The zero-order valence-corrected chi connectivity index (χ0v) is 10.7. The third-order valence-electron chi connectivity index (χ3n) is 2.44. The number of amides is 2. The van der Waals surface area contributed by atoms with Gasteiger partial charge < -0.3 is 25.0 Å². The zero-order valence-electron chi connectivity index (χ0n) is 10.7. The van der Waals surface area contributed by atoms with Crippen molar-refractivity contribution in [3.8, 4) is 0 Å². The molecule has 1 aromatic heterocycles. The van der Waals surface area contributed by atoms with E-state index < -0.39 is 12.1 Å². The number of rotatable bonds is 8. The van der Waals surface area contributed by atoms with E-state index in [0.717, 1.165) is 0 Å². The van der Waals surface area contributed by atoms with Crippen molar-refractivity contribution in [2.24, 2.45) is 0 Å². The summed E-state index contributed by atoms with van der Waals surface area (Å²) in [5, 5.41) is 13.8. The average molecular weight is 270 g/mol. The first-order valence-corrected chi connectivity index (χ1v) is 5.84. The second kappa shape index (κ2) is 8.09. The van der Waals surface area contributed by atoms with Crippen molar-refractivity contribution < 1.29 is 19.4 Å². The summed E-state index contributed by atoms with van der Waals surface area (Å²) in [5.74, 6) is -0.964. The molecule has 0 aromatic carbocycles. The van der Waals surface area contributed by atoms with E-state index in [4.69, 9.17) is 9.84 Å². The average Bonchev–Trinajstić information content (AvgIpc) is 2.87. The molecule has 1 atom stereocenters. The molecular formula is C11H18N4O4. The fourth-order valence-corrected chi connectivity index (χ4v) is 1.42. The number of hydrogen-bond donors (Lipinski definition) is 3. The van der Waals surface area contributed by atoms with E-state index >= 15 is 0 Å². The molecule has 1 aromatic rings. The lowest BCUT2D eigenvalue weighted by Gasteiger charge is -2.14. The summed E-state index contributed by atoms with van der Waals surface area (Å²) in [6.45, 7) is 1.23. The van der Waals surface area contributed by atoms with Crippen LogP contribution in [0.3, 0.4) is 0 Å². The second-order valence-corrected chi connectivity index (χ2v) is 3.89. The Balaban J connectivity index is 2.14. The van der Waals surface area contributed by atoms with Gasteiger partial charge in [-0.1, -0.05) is 0 Å². The van der Waals surface area contributed by atoms with Crippen LogP contribution < -0.4 is 10.6 Å². The summed E-state index contributed by atoms with van der Waals surface area (Å²) in [5.41, 5.74) is 0. The molecule has 2 amide bonds. The molecule has 0 aliphatic rings. The van der Waals surface area contributed by atoms with Crippen LogP contribution in [0, 0.1) is 0 Å². The highest BCUT2D eigenvalue weighted by atomic mass is 16.5. The largest absolute Gasteiger partial charge is 0.481 e. The van der Waals surface area contributed by atoms with Gasteiger partial charge >= 0.3 is 12.0 Å². The normalized spacial score (nSPS) is 11.8. The molecule has 0 fully saturated rings. The van der Waals surface area contributed by atoms with E-state index in [1.807, 2.05) is 4.57 Å². The minimum Gasteiger partial charge on any atom is -0.481 e. The van der Waals surface area contributed by atoms with Gasteiger partial charge in [0.2, 0.25) is 0 Å². The Hall–Kier alpha value is -2.09. The van der Waals surface area contributed by atoms with Crippen LogP contribution in [0.1, 0.15) is 6.42 Å². The minimum atomic E-state index is -0.964. The maximum Gasteiger partial charge on any atom is 0.314 e. The van der Waals surface area contributed by atoms with Crippen molar-refractivity contribution in [2.75, 3.05) is 20.2 Å². The van der Waals surface area contributed by atoms with Crippen molar-refractivity contribution in [1.82, 2.24) is 20.2 Å². The van der Waals surface area contributed by atoms with Gasteiger partial charge in [0, 0.05) is 39.1 Å². The van der Waals surface area contributed by atoms with Gasteiger partial charge in [-0.05, 0) is 0 Å². The summed E-state index contributed by atoms with van der Waals surface area (Å²) in [4.78, 5) is 25.8. The van der Waals surface area contributed by atoms with Crippen molar-refractivity contribution >= 4 is 12.0 Å². The fraction of sp³-hybridized carbons (Fsp3) is 0.545. The second-order valence-electron chi connectivity index (χ2n) is 3.89. The van der Waals surface area contributed by atoms with Crippen molar-refractivity contribution in [1.29, 1.82) is 0 Å². The van der Waals surface area contributed by atoms with E-state index in [2.05, 4.69) is 15.6 Å². The molecular weight excluding hydrogens is 252 g/mol. The number of carbonyl (C=O) groups is 2. The van der Waals surface area contributed by atoms with Crippen LogP contribution in [-0.2, 0) is 16.1 Å². The number of aromatic nitrogens is 2. The first-order chi connectivity index (χ1) is 9.11. The van der Waals surface area contributed by atoms with Crippen LogP contribution >= 0.6 is 0 Å². The van der Waals surface area contributed by atoms with Gasteiger partial charge in [-0.3, -0.25) is 4.79 Å². The molecule has 0 bridgehead atoms. The molecule has 3 N–H and O–H groups in total. The van der Waals surface area contributed by atoms with E-state index in [0.29, 0.717) is 13.1 Å². The van der Waals surface area contributed by atoms with Crippen LogP contribution in [0.25, 0.3) is 0 Å². The smallest absolute Gasteiger partial charge is 0.314 e. The van der Waals surface area contributed by atoms with Crippen LogP contribution in [-0.4, -0.2) is 53.0 Å².